The molecule has 6 nitrogen and oxygen atoms in total. The highest BCUT2D eigenvalue weighted by molar-refractivity contribution is 7.09. The standard InChI is InChI=1S/C16H20N2O4S/c1-18(7-5-14-17-6-8-23-14)16(19)11-9-12(20-2)15(22-4)13(10-11)21-3/h6,8-10H,5,7H2,1-4H3. The van der Waals surface area contributed by atoms with Crippen LogP contribution in [0.5, 0.6) is 17.2 Å². The Morgan fingerprint density at radius 3 is 2.30 bits per heavy atom. The number of rotatable bonds is 7. The van der Waals surface area contributed by atoms with Crippen molar-refractivity contribution < 1.29 is 19.0 Å². The third kappa shape index (κ3) is 3.92. The smallest absolute Gasteiger partial charge is 0.253 e. The van der Waals surface area contributed by atoms with E-state index in [1.807, 2.05) is 5.38 Å². The highest BCUT2D eigenvalue weighted by Crippen LogP contribution is 2.38. The van der Waals surface area contributed by atoms with Crippen molar-refractivity contribution >= 4 is 17.2 Å². The van der Waals surface area contributed by atoms with Gasteiger partial charge in [0.2, 0.25) is 5.75 Å². The monoisotopic (exact) mass is 336 g/mol. The van der Waals surface area contributed by atoms with Crippen LogP contribution in [-0.4, -0.2) is 50.7 Å². The van der Waals surface area contributed by atoms with Gasteiger partial charge in [0.15, 0.2) is 11.5 Å². The van der Waals surface area contributed by atoms with Crippen LogP contribution in [0.3, 0.4) is 0 Å². The lowest BCUT2D eigenvalue weighted by molar-refractivity contribution is 0.0795. The molecule has 0 spiro atoms. The number of ether oxygens (including phenoxy) is 3. The Labute approximate surface area is 139 Å². The van der Waals surface area contributed by atoms with Gasteiger partial charge >= 0.3 is 0 Å². The third-order valence-corrected chi connectivity index (χ3v) is 4.24. The van der Waals surface area contributed by atoms with Crippen LogP contribution in [0.1, 0.15) is 15.4 Å². The van der Waals surface area contributed by atoms with E-state index in [1.165, 1.54) is 21.3 Å². The predicted octanol–water partition coefficient (Wildman–Crippen LogP) is 2.48. The van der Waals surface area contributed by atoms with E-state index in [0.717, 1.165) is 11.4 Å². The molecule has 124 valence electrons. The van der Waals surface area contributed by atoms with Crippen LogP contribution >= 0.6 is 11.3 Å². The normalized spacial score (nSPS) is 10.3. The lowest BCUT2D eigenvalue weighted by Gasteiger charge is -2.19. The maximum atomic E-state index is 12.6. The fourth-order valence-corrected chi connectivity index (χ4v) is 2.78. The van der Waals surface area contributed by atoms with E-state index in [2.05, 4.69) is 4.98 Å². The van der Waals surface area contributed by atoms with E-state index in [4.69, 9.17) is 14.2 Å². The van der Waals surface area contributed by atoms with E-state index < -0.39 is 0 Å². The van der Waals surface area contributed by atoms with Gasteiger partial charge in [0, 0.05) is 37.2 Å². The zero-order valence-corrected chi connectivity index (χ0v) is 14.5. The second-order valence-electron chi connectivity index (χ2n) is 4.82. The molecule has 0 bridgehead atoms. The number of carbonyl (C=O) groups excluding carboxylic acids is 1. The first kappa shape index (κ1) is 17.1. The molecule has 2 aromatic rings. The molecule has 23 heavy (non-hydrogen) atoms. The topological polar surface area (TPSA) is 60.9 Å². The predicted molar refractivity (Wildman–Crippen MR) is 88.9 cm³/mol. The summed E-state index contributed by atoms with van der Waals surface area (Å²) in [7, 11) is 6.34. The minimum atomic E-state index is -0.110. The third-order valence-electron chi connectivity index (χ3n) is 3.40. The molecule has 0 unspecified atom stereocenters. The van der Waals surface area contributed by atoms with Crippen LogP contribution in [-0.2, 0) is 6.42 Å². The number of likely N-dealkylation sites (N-methyl/N-ethyl adjacent to an activating group) is 1. The summed E-state index contributed by atoms with van der Waals surface area (Å²) in [6.07, 6.45) is 2.49. The molecule has 1 aromatic heterocycles. The van der Waals surface area contributed by atoms with Crippen LogP contribution in [0.25, 0.3) is 0 Å². The SMILES string of the molecule is COc1cc(C(=O)N(C)CCc2nccs2)cc(OC)c1OC. The van der Waals surface area contributed by atoms with Crippen LogP contribution in [0.2, 0.25) is 0 Å². The van der Waals surface area contributed by atoms with Gasteiger partial charge in [-0.3, -0.25) is 4.79 Å². The minimum Gasteiger partial charge on any atom is -0.493 e. The summed E-state index contributed by atoms with van der Waals surface area (Å²) in [5, 5.41) is 2.94. The molecule has 7 heteroatoms. The Morgan fingerprint density at radius 2 is 1.83 bits per heavy atom. The second-order valence-corrected chi connectivity index (χ2v) is 5.80. The van der Waals surface area contributed by atoms with Gasteiger partial charge in [0.05, 0.1) is 26.3 Å². The summed E-state index contributed by atoms with van der Waals surface area (Å²) < 4.78 is 15.8. The Balaban J connectivity index is 2.17. The average Bonchev–Trinajstić information content (AvgIpc) is 3.10. The van der Waals surface area contributed by atoms with Gasteiger partial charge in [-0.2, -0.15) is 0 Å². The molecule has 0 aliphatic rings. The number of methoxy groups -OCH3 is 3. The summed E-state index contributed by atoms with van der Waals surface area (Å²) >= 11 is 1.58. The van der Waals surface area contributed by atoms with Crippen molar-refractivity contribution in [2.75, 3.05) is 34.9 Å². The van der Waals surface area contributed by atoms with Crippen LogP contribution < -0.4 is 14.2 Å². The van der Waals surface area contributed by atoms with Gasteiger partial charge in [-0.25, -0.2) is 4.98 Å². The van der Waals surface area contributed by atoms with Crippen molar-refractivity contribution in [3.05, 3.63) is 34.3 Å². The van der Waals surface area contributed by atoms with Crippen molar-refractivity contribution in [2.45, 2.75) is 6.42 Å². The number of carbonyl (C=O) groups is 1. The highest BCUT2D eigenvalue weighted by Gasteiger charge is 2.19. The van der Waals surface area contributed by atoms with Crippen LogP contribution in [0, 0.1) is 0 Å². The summed E-state index contributed by atoms with van der Waals surface area (Å²) in [5.41, 5.74) is 0.487. The van der Waals surface area contributed by atoms with Gasteiger partial charge in [0.1, 0.15) is 0 Å². The quantitative estimate of drug-likeness (QED) is 0.777. The minimum absolute atomic E-state index is 0.110. The average molecular weight is 336 g/mol. The Morgan fingerprint density at radius 1 is 1.17 bits per heavy atom. The summed E-state index contributed by atoms with van der Waals surface area (Å²) in [4.78, 5) is 18.5. The number of nitrogens with zero attached hydrogens (tertiary/aromatic N) is 2. The lowest BCUT2D eigenvalue weighted by Crippen LogP contribution is -2.28. The zero-order chi connectivity index (χ0) is 16.8. The van der Waals surface area contributed by atoms with Crippen molar-refractivity contribution in [1.29, 1.82) is 0 Å². The molecule has 0 atom stereocenters. The number of aromatic nitrogens is 1. The van der Waals surface area contributed by atoms with Crippen molar-refractivity contribution in [3.63, 3.8) is 0 Å². The Hall–Kier alpha value is -2.28. The van der Waals surface area contributed by atoms with Gasteiger partial charge in [-0.15, -0.1) is 11.3 Å². The van der Waals surface area contributed by atoms with Crippen LogP contribution in [0.15, 0.2) is 23.7 Å². The van der Waals surface area contributed by atoms with Gasteiger partial charge in [-0.05, 0) is 12.1 Å². The number of benzene rings is 1. The number of amides is 1. The zero-order valence-electron chi connectivity index (χ0n) is 13.7. The molecule has 1 amide bonds. The first-order valence-corrected chi connectivity index (χ1v) is 7.92. The van der Waals surface area contributed by atoms with E-state index in [9.17, 15) is 4.79 Å². The maximum absolute atomic E-state index is 12.6. The molecule has 0 N–H and O–H groups in total. The molecule has 2 rings (SSSR count). The largest absolute Gasteiger partial charge is 0.493 e. The van der Waals surface area contributed by atoms with Crippen molar-refractivity contribution in [1.82, 2.24) is 9.88 Å². The fraction of sp³-hybridized carbons (Fsp3) is 0.375. The molecule has 0 radical (unpaired) electrons. The highest BCUT2D eigenvalue weighted by atomic mass is 32.1. The number of hydrogen-bond donors (Lipinski definition) is 0. The molecule has 1 heterocycles. The van der Waals surface area contributed by atoms with Gasteiger partial charge < -0.3 is 19.1 Å². The van der Waals surface area contributed by atoms with Crippen molar-refractivity contribution in [2.24, 2.45) is 0 Å². The van der Waals surface area contributed by atoms with Gasteiger partial charge in [0.25, 0.3) is 5.91 Å². The van der Waals surface area contributed by atoms with Crippen LogP contribution in [0.4, 0.5) is 0 Å². The van der Waals surface area contributed by atoms with Crippen molar-refractivity contribution in [3.8, 4) is 17.2 Å². The molecule has 0 saturated heterocycles. The summed E-state index contributed by atoms with van der Waals surface area (Å²) in [6, 6.07) is 3.31. The first-order chi connectivity index (χ1) is 11.1. The molecular formula is C16H20N2O4S. The van der Waals surface area contributed by atoms with E-state index in [-0.39, 0.29) is 5.91 Å². The molecular weight excluding hydrogens is 316 g/mol. The lowest BCUT2D eigenvalue weighted by atomic mass is 10.1. The Bertz CT molecular complexity index is 633. The Kier molecular flexibility index (Phi) is 5.81. The maximum Gasteiger partial charge on any atom is 0.253 e. The fourth-order valence-electron chi connectivity index (χ4n) is 2.17. The van der Waals surface area contributed by atoms with E-state index >= 15 is 0 Å². The number of hydrogen-bond acceptors (Lipinski definition) is 6. The molecule has 0 fully saturated rings. The molecule has 0 aliphatic heterocycles. The number of thiazole rings is 1. The van der Waals surface area contributed by atoms with Gasteiger partial charge in [-0.1, -0.05) is 0 Å². The second kappa shape index (κ2) is 7.82. The molecule has 0 aliphatic carbocycles. The molecule has 1 aromatic carbocycles. The van der Waals surface area contributed by atoms with E-state index in [1.54, 1.807) is 41.6 Å². The first-order valence-electron chi connectivity index (χ1n) is 7.04. The summed E-state index contributed by atoms with van der Waals surface area (Å²) in [5.74, 6) is 1.28. The molecule has 0 saturated carbocycles. The summed E-state index contributed by atoms with van der Waals surface area (Å²) in [6.45, 7) is 0.586. The van der Waals surface area contributed by atoms with E-state index in [0.29, 0.717) is 29.4 Å².